The van der Waals surface area contributed by atoms with Crippen molar-refractivity contribution in [3.05, 3.63) is 34.9 Å². The zero-order valence-corrected chi connectivity index (χ0v) is 12.5. The fourth-order valence-corrected chi connectivity index (χ4v) is 2.91. The second-order valence-electron chi connectivity index (χ2n) is 5.03. The van der Waals surface area contributed by atoms with Crippen LogP contribution in [-0.4, -0.2) is 24.4 Å². The molecule has 1 atom stereocenters. The Morgan fingerprint density at radius 1 is 1.47 bits per heavy atom. The minimum Gasteiger partial charge on any atom is -0.379 e. The molecular formula is C15H22N2OS. The lowest BCUT2D eigenvalue weighted by atomic mass is 10.1. The van der Waals surface area contributed by atoms with Crippen molar-refractivity contribution in [2.75, 3.05) is 13.2 Å². The Morgan fingerprint density at radius 2 is 2.32 bits per heavy atom. The van der Waals surface area contributed by atoms with E-state index in [0.717, 1.165) is 25.2 Å². The summed E-state index contributed by atoms with van der Waals surface area (Å²) in [5.74, 6) is 0.883. The van der Waals surface area contributed by atoms with Crippen LogP contribution in [0.3, 0.4) is 0 Å². The molecule has 0 bridgehead atoms. The molecule has 0 saturated carbocycles. The topological polar surface area (TPSA) is 47.6 Å². The molecule has 4 heteroatoms. The molecule has 1 heterocycles. The predicted octanol–water partition coefficient (Wildman–Crippen LogP) is 3.03. The lowest BCUT2D eigenvalue weighted by Crippen LogP contribution is -2.14. The van der Waals surface area contributed by atoms with E-state index in [2.05, 4.69) is 37.0 Å². The number of nitrogens with zero attached hydrogens (tertiary/aromatic N) is 1. The van der Waals surface area contributed by atoms with E-state index in [-0.39, 0.29) is 6.10 Å². The van der Waals surface area contributed by atoms with E-state index in [9.17, 15) is 0 Å². The maximum Gasteiger partial charge on any atom is 0.154 e. The number of amidine groups is 1. The molecule has 0 radical (unpaired) electrons. The smallest absolute Gasteiger partial charge is 0.154 e. The molecule has 0 unspecified atom stereocenters. The summed E-state index contributed by atoms with van der Waals surface area (Å²) in [4.78, 5) is 4.41. The van der Waals surface area contributed by atoms with Crippen molar-refractivity contribution in [3.8, 4) is 0 Å². The standard InChI is InChI=1S/C15H22N2OS/c1-11-5-6-12(2)13(8-11)10-19-15(16)17-9-14-4-3-7-18-14/h5-6,8,14H,3-4,7,9-10H2,1-2H3,(H2,16,17)/t14-/m0/s1. The van der Waals surface area contributed by atoms with Gasteiger partial charge in [0.1, 0.15) is 0 Å². The molecule has 2 N–H and O–H groups in total. The van der Waals surface area contributed by atoms with E-state index in [1.165, 1.54) is 16.7 Å². The van der Waals surface area contributed by atoms with Crippen LogP contribution in [0.5, 0.6) is 0 Å². The van der Waals surface area contributed by atoms with Gasteiger partial charge in [0.25, 0.3) is 0 Å². The highest BCUT2D eigenvalue weighted by Crippen LogP contribution is 2.18. The highest BCUT2D eigenvalue weighted by molar-refractivity contribution is 8.13. The molecular weight excluding hydrogens is 256 g/mol. The lowest BCUT2D eigenvalue weighted by Gasteiger charge is -2.08. The number of thioether (sulfide) groups is 1. The molecule has 1 saturated heterocycles. The van der Waals surface area contributed by atoms with Crippen molar-refractivity contribution in [1.29, 1.82) is 0 Å². The van der Waals surface area contributed by atoms with Crippen LogP contribution < -0.4 is 5.73 Å². The summed E-state index contributed by atoms with van der Waals surface area (Å²) in [5.41, 5.74) is 9.88. The molecule has 1 aromatic rings. The van der Waals surface area contributed by atoms with E-state index >= 15 is 0 Å². The number of benzene rings is 1. The largest absolute Gasteiger partial charge is 0.379 e. The fraction of sp³-hybridized carbons (Fsp3) is 0.533. The van der Waals surface area contributed by atoms with Crippen LogP contribution in [0.1, 0.15) is 29.5 Å². The summed E-state index contributed by atoms with van der Waals surface area (Å²) in [7, 11) is 0. The van der Waals surface area contributed by atoms with Crippen molar-refractivity contribution in [2.45, 2.75) is 38.5 Å². The van der Waals surface area contributed by atoms with Crippen LogP contribution >= 0.6 is 11.8 Å². The Morgan fingerprint density at radius 3 is 3.05 bits per heavy atom. The Hall–Kier alpha value is -1.00. The number of hydrogen-bond donors (Lipinski definition) is 1. The first-order chi connectivity index (χ1) is 9.15. The van der Waals surface area contributed by atoms with Crippen molar-refractivity contribution >= 4 is 16.9 Å². The van der Waals surface area contributed by atoms with Gasteiger partial charge in [0.15, 0.2) is 5.17 Å². The summed E-state index contributed by atoms with van der Waals surface area (Å²) < 4.78 is 5.53. The van der Waals surface area contributed by atoms with Crippen LogP contribution in [0.4, 0.5) is 0 Å². The molecule has 1 aliphatic rings. The van der Waals surface area contributed by atoms with Gasteiger partial charge in [0.05, 0.1) is 12.6 Å². The van der Waals surface area contributed by atoms with Gasteiger partial charge in [-0.1, -0.05) is 35.5 Å². The molecule has 104 valence electrons. The molecule has 0 aliphatic carbocycles. The first-order valence-electron chi connectivity index (χ1n) is 6.75. The summed E-state index contributed by atoms with van der Waals surface area (Å²) in [6, 6.07) is 6.51. The maximum atomic E-state index is 5.95. The van der Waals surface area contributed by atoms with E-state index in [4.69, 9.17) is 10.5 Å². The Balaban J connectivity index is 1.83. The minimum absolute atomic E-state index is 0.278. The first kappa shape index (κ1) is 14.4. The third-order valence-electron chi connectivity index (χ3n) is 3.35. The van der Waals surface area contributed by atoms with Gasteiger partial charge >= 0.3 is 0 Å². The van der Waals surface area contributed by atoms with Crippen molar-refractivity contribution in [2.24, 2.45) is 10.7 Å². The molecule has 2 rings (SSSR count). The number of hydrogen-bond acceptors (Lipinski definition) is 3. The van der Waals surface area contributed by atoms with Crippen LogP contribution in [0.2, 0.25) is 0 Å². The molecule has 0 amide bonds. The number of ether oxygens (including phenoxy) is 1. The summed E-state index contributed by atoms with van der Waals surface area (Å²) >= 11 is 1.61. The Kier molecular flexibility index (Phi) is 5.28. The van der Waals surface area contributed by atoms with Crippen LogP contribution in [0.15, 0.2) is 23.2 Å². The van der Waals surface area contributed by atoms with E-state index in [0.29, 0.717) is 11.7 Å². The van der Waals surface area contributed by atoms with Gasteiger partial charge in [-0.25, -0.2) is 0 Å². The second-order valence-corrected chi connectivity index (χ2v) is 6.03. The summed E-state index contributed by atoms with van der Waals surface area (Å²) in [5, 5.41) is 0.663. The molecule has 1 fully saturated rings. The molecule has 0 aromatic heterocycles. The zero-order chi connectivity index (χ0) is 13.7. The van der Waals surface area contributed by atoms with Gasteiger partial charge in [0, 0.05) is 12.4 Å². The summed E-state index contributed by atoms with van der Waals surface area (Å²) in [6.07, 6.45) is 2.54. The lowest BCUT2D eigenvalue weighted by molar-refractivity contribution is 0.118. The van der Waals surface area contributed by atoms with Gasteiger partial charge in [-0.3, -0.25) is 4.99 Å². The van der Waals surface area contributed by atoms with Crippen molar-refractivity contribution in [3.63, 3.8) is 0 Å². The third-order valence-corrected chi connectivity index (χ3v) is 4.24. The monoisotopic (exact) mass is 278 g/mol. The molecule has 19 heavy (non-hydrogen) atoms. The van der Waals surface area contributed by atoms with E-state index in [1.807, 2.05) is 0 Å². The molecule has 1 aliphatic heterocycles. The maximum absolute atomic E-state index is 5.95. The van der Waals surface area contributed by atoms with Gasteiger partial charge < -0.3 is 10.5 Å². The van der Waals surface area contributed by atoms with Crippen molar-refractivity contribution < 1.29 is 4.74 Å². The molecule has 1 aromatic carbocycles. The Bertz CT molecular complexity index is 453. The second kappa shape index (κ2) is 6.96. The predicted molar refractivity (Wildman–Crippen MR) is 82.7 cm³/mol. The number of aliphatic imine (C=N–C) groups is 1. The van der Waals surface area contributed by atoms with Crippen LogP contribution in [0, 0.1) is 13.8 Å². The highest BCUT2D eigenvalue weighted by Gasteiger charge is 2.14. The molecule has 0 spiro atoms. The van der Waals surface area contributed by atoms with Gasteiger partial charge in [-0.2, -0.15) is 0 Å². The number of rotatable bonds is 4. The SMILES string of the molecule is Cc1ccc(C)c(CSC(N)=NC[C@@H]2CCCO2)c1. The average molecular weight is 278 g/mol. The minimum atomic E-state index is 0.278. The third kappa shape index (κ3) is 4.55. The van der Waals surface area contributed by atoms with Gasteiger partial charge in [-0.15, -0.1) is 0 Å². The molecule has 3 nitrogen and oxygen atoms in total. The van der Waals surface area contributed by atoms with E-state index < -0.39 is 0 Å². The normalized spacial score (nSPS) is 19.9. The fourth-order valence-electron chi connectivity index (χ4n) is 2.13. The first-order valence-corrected chi connectivity index (χ1v) is 7.74. The zero-order valence-electron chi connectivity index (χ0n) is 11.7. The number of aryl methyl sites for hydroxylation is 2. The van der Waals surface area contributed by atoms with E-state index in [1.54, 1.807) is 11.8 Å². The van der Waals surface area contributed by atoms with Crippen LogP contribution in [-0.2, 0) is 10.5 Å². The summed E-state index contributed by atoms with van der Waals surface area (Å²) in [6.45, 7) is 5.82. The van der Waals surface area contributed by atoms with Gasteiger partial charge in [0.2, 0.25) is 0 Å². The Labute approximate surface area is 119 Å². The quantitative estimate of drug-likeness (QED) is 0.680. The van der Waals surface area contributed by atoms with Gasteiger partial charge in [-0.05, 0) is 37.8 Å². The van der Waals surface area contributed by atoms with Crippen LogP contribution in [0.25, 0.3) is 0 Å². The highest BCUT2D eigenvalue weighted by atomic mass is 32.2. The van der Waals surface area contributed by atoms with Crippen molar-refractivity contribution in [1.82, 2.24) is 0 Å². The average Bonchev–Trinajstić information content (AvgIpc) is 2.90. The number of nitrogens with two attached hydrogens (primary N) is 1.